The Morgan fingerprint density at radius 3 is 2.68 bits per heavy atom. The van der Waals surface area contributed by atoms with Gasteiger partial charge in [-0.3, -0.25) is 29.7 Å². The van der Waals surface area contributed by atoms with E-state index < -0.39 is 46.6 Å². The number of fused-ring (bicyclic) bond motifs is 2. The summed E-state index contributed by atoms with van der Waals surface area (Å²) < 4.78 is 31.0. The Labute approximate surface area is 210 Å². The van der Waals surface area contributed by atoms with Crippen LogP contribution in [0.4, 0.5) is 8.78 Å². The van der Waals surface area contributed by atoms with Crippen LogP contribution >= 0.6 is 0 Å². The average Bonchev–Trinajstić information content (AvgIpc) is 3.45. The third-order valence-electron chi connectivity index (χ3n) is 7.79. The van der Waals surface area contributed by atoms with E-state index >= 15 is 8.78 Å². The molecule has 1 atom stereocenters. The van der Waals surface area contributed by atoms with Gasteiger partial charge < -0.3 is 10.0 Å². The maximum Gasteiger partial charge on any atom is 0.255 e. The minimum Gasteiger partial charge on any atom is -0.385 e. The van der Waals surface area contributed by atoms with E-state index in [0.717, 1.165) is 22.5 Å². The number of benzene rings is 2. The number of nitrogens with one attached hydrogen (secondary N) is 2. The van der Waals surface area contributed by atoms with Gasteiger partial charge in [0.25, 0.3) is 5.91 Å². The molecule has 1 unspecified atom stereocenters. The SMILES string of the molecule is O=C1CCC(N2Cc3c(cc(F)c(C4(O)CCN(Cc5ccc6cn[nH]c6c5)CC4)c3F)C2=O)C(=O)N1. The molecule has 3 aromatic rings. The molecule has 3 amide bonds. The Kier molecular flexibility index (Phi) is 5.57. The molecular formula is C26H25F2N5O4. The van der Waals surface area contributed by atoms with Crippen molar-refractivity contribution in [3.8, 4) is 0 Å². The lowest BCUT2D eigenvalue weighted by molar-refractivity contribution is -0.136. The van der Waals surface area contributed by atoms with Crippen LogP contribution in [0.25, 0.3) is 10.9 Å². The Bertz CT molecular complexity index is 1450. The lowest BCUT2D eigenvalue weighted by atomic mass is 9.82. The van der Waals surface area contributed by atoms with Crippen LogP contribution in [-0.4, -0.2) is 62.0 Å². The largest absolute Gasteiger partial charge is 0.385 e. The van der Waals surface area contributed by atoms with Crippen LogP contribution in [0.2, 0.25) is 0 Å². The molecule has 0 saturated carbocycles. The molecule has 37 heavy (non-hydrogen) atoms. The highest BCUT2D eigenvalue weighted by Crippen LogP contribution is 2.40. The topological polar surface area (TPSA) is 119 Å². The van der Waals surface area contributed by atoms with Crippen molar-refractivity contribution in [3.63, 3.8) is 0 Å². The lowest BCUT2D eigenvalue weighted by Gasteiger charge is -2.39. The summed E-state index contributed by atoms with van der Waals surface area (Å²) in [7, 11) is 0. The zero-order valence-electron chi connectivity index (χ0n) is 19.9. The fraction of sp³-hybridized carbons (Fsp3) is 0.385. The molecule has 2 saturated heterocycles. The first-order valence-corrected chi connectivity index (χ1v) is 12.3. The van der Waals surface area contributed by atoms with Crippen LogP contribution in [0.5, 0.6) is 0 Å². The Balaban J connectivity index is 1.20. The molecule has 0 radical (unpaired) electrons. The predicted octanol–water partition coefficient (Wildman–Crippen LogP) is 2.09. The van der Waals surface area contributed by atoms with E-state index in [0.29, 0.717) is 19.6 Å². The first-order valence-electron chi connectivity index (χ1n) is 12.3. The van der Waals surface area contributed by atoms with Crippen LogP contribution in [0.1, 0.15) is 52.7 Å². The van der Waals surface area contributed by atoms with Gasteiger partial charge in [-0.1, -0.05) is 12.1 Å². The highest BCUT2D eigenvalue weighted by Gasteiger charge is 2.45. The number of aliphatic hydroxyl groups is 1. The number of amides is 3. The molecule has 2 fully saturated rings. The van der Waals surface area contributed by atoms with Crippen molar-refractivity contribution in [2.45, 2.75) is 50.4 Å². The van der Waals surface area contributed by atoms with Crippen molar-refractivity contribution in [1.29, 1.82) is 0 Å². The molecule has 0 aliphatic carbocycles. The number of carbonyl (C=O) groups excluding carboxylic acids is 3. The zero-order valence-corrected chi connectivity index (χ0v) is 19.9. The second kappa shape index (κ2) is 8.70. The number of likely N-dealkylation sites (tertiary alicyclic amines) is 1. The molecule has 192 valence electrons. The standard InChI is InChI=1S/C26H25F2N5O4/c27-18-10-16-17(13-33(25(16)36)20-3-4-21(34)30-24(20)35)23(28)22(18)26(37)5-7-32(8-6-26)12-14-1-2-15-11-29-31-19(15)9-14/h1-2,9-11,20,37H,3-8,12-13H2,(H,29,31)(H,30,34,35). The molecule has 9 nitrogen and oxygen atoms in total. The van der Waals surface area contributed by atoms with Crippen molar-refractivity contribution in [2.24, 2.45) is 0 Å². The van der Waals surface area contributed by atoms with Crippen molar-refractivity contribution in [3.05, 3.63) is 64.4 Å². The third kappa shape index (κ3) is 3.98. The smallest absolute Gasteiger partial charge is 0.255 e. The zero-order chi connectivity index (χ0) is 25.9. The van der Waals surface area contributed by atoms with Crippen molar-refractivity contribution < 1.29 is 28.3 Å². The monoisotopic (exact) mass is 509 g/mol. The van der Waals surface area contributed by atoms with Gasteiger partial charge in [0, 0.05) is 37.0 Å². The number of piperidine rings is 2. The van der Waals surface area contributed by atoms with Crippen LogP contribution in [0.15, 0.2) is 30.5 Å². The quantitative estimate of drug-likeness (QED) is 0.464. The maximum atomic E-state index is 15.7. The van der Waals surface area contributed by atoms with Crippen LogP contribution < -0.4 is 5.32 Å². The molecule has 3 aliphatic heterocycles. The van der Waals surface area contributed by atoms with E-state index in [2.05, 4.69) is 20.4 Å². The predicted molar refractivity (Wildman–Crippen MR) is 127 cm³/mol. The van der Waals surface area contributed by atoms with Gasteiger partial charge in [-0.2, -0.15) is 5.10 Å². The molecule has 0 spiro atoms. The van der Waals surface area contributed by atoms with E-state index in [1.165, 1.54) is 4.90 Å². The number of hydrogen-bond donors (Lipinski definition) is 3. The number of nitrogens with zero attached hydrogens (tertiary/aromatic N) is 3. The van der Waals surface area contributed by atoms with Gasteiger partial charge in [-0.15, -0.1) is 0 Å². The Hall–Kier alpha value is -3.70. The number of carbonyl (C=O) groups is 3. The molecule has 3 N–H and O–H groups in total. The lowest BCUT2D eigenvalue weighted by Crippen LogP contribution is -2.52. The summed E-state index contributed by atoms with van der Waals surface area (Å²) in [6.07, 6.45) is 2.17. The minimum absolute atomic E-state index is 0.0326. The maximum absolute atomic E-state index is 15.7. The van der Waals surface area contributed by atoms with Gasteiger partial charge in [0.05, 0.1) is 35.0 Å². The summed E-state index contributed by atoms with van der Waals surface area (Å²) in [6, 6.07) is 6.02. The number of H-pyrrole nitrogens is 1. The van der Waals surface area contributed by atoms with E-state index in [1.54, 1.807) is 6.20 Å². The highest BCUT2D eigenvalue weighted by molar-refractivity contribution is 6.05. The molecule has 2 aromatic carbocycles. The van der Waals surface area contributed by atoms with Crippen LogP contribution in [-0.2, 0) is 28.3 Å². The van der Waals surface area contributed by atoms with Gasteiger partial charge >= 0.3 is 0 Å². The van der Waals surface area contributed by atoms with Crippen molar-refractivity contribution in [2.75, 3.05) is 13.1 Å². The summed E-state index contributed by atoms with van der Waals surface area (Å²) in [5, 5.41) is 21.5. The number of halogens is 2. The molecule has 1 aromatic heterocycles. The third-order valence-corrected chi connectivity index (χ3v) is 7.79. The van der Waals surface area contributed by atoms with E-state index in [4.69, 9.17) is 0 Å². The normalized spacial score (nSPS) is 22.0. The molecular weight excluding hydrogens is 484 g/mol. The summed E-state index contributed by atoms with van der Waals surface area (Å²) in [5.74, 6) is -3.64. The molecule has 6 rings (SSSR count). The second-order valence-corrected chi connectivity index (χ2v) is 10.1. The highest BCUT2D eigenvalue weighted by atomic mass is 19.1. The van der Waals surface area contributed by atoms with Gasteiger partial charge in [0.1, 0.15) is 17.7 Å². The molecule has 3 aliphatic rings. The Morgan fingerprint density at radius 2 is 1.92 bits per heavy atom. The van der Waals surface area contributed by atoms with E-state index in [1.807, 2.05) is 18.2 Å². The van der Waals surface area contributed by atoms with Gasteiger partial charge in [-0.25, -0.2) is 8.78 Å². The molecule has 11 heteroatoms. The summed E-state index contributed by atoms with van der Waals surface area (Å²) in [5.41, 5.74) is -0.354. The average molecular weight is 510 g/mol. The number of rotatable bonds is 4. The van der Waals surface area contributed by atoms with Gasteiger partial charge in [-0.05, 0) is 37.0 Å². The first-order chi connectivity index (χ1) is 17.7. The summed E-state index contributed by atoms with van der Waals surface area (Å²) >= 11 is 0. The number of aromatic amines is 1. The van der Waals surface area contributed by atoms with E-state index in [9.17, 15) is 19.5 Å². The number of imide groups is 1. The van der Waals surface area contributed by atoms with Gasteiger partial charge in [0.2, 0.25) is 11.8 Å². The fourth-order valence-corrected chi connectivity index (χ4v) is 5.73. The molecule has 4 heterocycles. The second-order valence-electron chi connectivity index (χ2n) is 10.1. The minimum atomic E-state index is -1.72. The number of hydrogen-bond acceptors (Lipinski definition) is 6. The molecule has 0 bridgehead atoms. The van der Waals surface area contributed by atoms with Crippen molar-refractivity contribution >= 4 is 28.6 Å². The summed E-state index contributed by atoms with van der Waals surface area (Å²) in [4.78, 5) is 40.0. The summed E-state index contributed by atoms with van der Waals surface area (Å²) in [6.45, 7) is 1.25. The van der Waals surface area contributed by atoms with E-state index in [-0.39, 0.29) is 43.4 Å². The fourth-order valence-electron chi connectivity index (χ4n) is 5.73. The first kappa shape index (κ1) is 23.7. The van der Waals surface area contributed by atoms with Crippen molar-refractivity contribution in [1.82, 2.24) is 25.3 Å². The van der Waals surface area contributed by atoms with Crippen LogP contribution in [0, 0.1) is 11.6 Å². The van der Waals surface area contributed by atoms with Gasteiger partial charge in [0.15, 0.2) is 0 Å². The van der Waals surface area contributed by atoms with Crippen LogP contribution in [0.3, 0.4) is 0 Å². The number of aromatic nitrogens is 2. The Morgan fingerprint density at radius 1 is 1.14 bits per heavy atom.